The maximum atomic E-state index is 8.27. The Labute approximate surface area is 84.0 Å². The second-order valence-corrected chi connectivity index (χ2v) is 3.35. The molecule has 0 amide bonds. The SMILES string of the molecule is CC(C)COc1c#cc(/C=N\O)cc1. The summed E-state index contributed by atoms with van der Waals surface area (Å²) in [6, 6.07) is 9.16. The average Bonchev–Trinajstić information content (AvgIpc) is 2.17. The molecule has 1 aromatic rings. The van der Waals surface area contributed by atoms with Crippen LogP contribution in [0.5, 0.6) is 5.75 Å². The maximum absolute atomic E-state index is 8.27. The summed E-state index contributed by atoms with van der Waals surface area (Å²) in [6.45, 7) is 4.82. The Morgan fingerprint density at radius 3 is 2.79 bits per heavy atom. The van der Waals surface area contributed by atoms with Crippen LogP contribution in [0.15, 0.2) is 17.3 Å². The lowest BCUT2D eigenvalue weighted by Gasteiger charge is -2.05. The fourth-order valence-electron chi connectivity index (χ4n) is 0.861. The summed E-state index contributed by atoms with van der Waals surface area (Å²) < 4.78 is 5.41. The van der Waals surface area contributed by atoms with E-state index < -0.39 is 0 Å². The fraction of sp³-hybridized carbons (Fsp3) is 0.364. The van der Waals surface area contributed by atoms with Gasteiger partial charge in [0.1, 0.15) is 0 Å². The molecule has 3 nitrogen and oxygen atoms in total. The molecule has 0 aliphatic heterocycles. The molecule has 1 aromatic carbocycles. The Hall–Kier alpha value is -1.69. The van der Waals surface area contributed by atoms with Gasteiger partial charge in [0.05, 0.1) is 12.8 Å². The highest BCUT2D eigenvalue weighted by atomic mass is 16.5. The molecule has 1 rings (SSSR count). The van der Waals surface area contributed by atoms with Gasteiger partial charge < -0.3 is 9.94 Å². The third-order valence-corrected chi connectivity index (χ3v) is 1.51. The Kier molecular flexibility index (Phi) is 3.81. The van der Waals surface area contributed by atoms with E-state index >= 15 is 0 Å². The molecule has 0 fully saturated rings. The van der Waals surface area contributed by atoms with Crippen molar-refractivity contribution >= 4 is 6.21 Å². The second-order valence-electron chi connectivity index (χ2n) is 3.35. The number of rotatable bonds is 4. The number of ether oxygens (including phenoxy) is 1. The molecular weight excluding hydrogens is 178 g/mol. The number of hydrogen-bond acceptors (Lipinski definition) is 3. The highest BCUT2D eigenvalue weighted by Crippen LogP contribution is 2.07. The summed E-state index contributed by atoms with van der Waals surface area (Å²) in [6.07, 6.45) is 1.29. The van der Waals surface area contributed by atoms with Crippen molar-refractivity contribution in [2.45, 2.75) is 13.8 Å². The smallest absolute Gasteiger partial charge is 0.170 e. The summed E-state index contributed by atoms with van der Waals surface area (Å²) in [5.41, 5.74) is 0.671. The van der Waals surface area contributed by atoms with Crippen molar-refractivity contribution in [1.82, 2.24) is 0 Å². The van der Waals surface area contributed by atoms with Gasteiger partial charge in [-0.15, -0.1) is 0 Å². The van der Waals surface area contributed by atoms with Crippen molar-refractivity contribution in [2.75, 3.05) is 6.61 Å². The molecule has 0 saturated carbocycles. The number of hydrogen-bond donors (Lipinski definition) is 1. The van der Waals surface area contributed by atoms with Gasteiger partial charge in [-0.1, -0.05) is 25.1 Å². The number of nitrogens with zero attached hydrogens (tertiary/aromatic N) is 1. The Morgan fingerprint density at radius 1 is 1.50 bits per heavy atom. The first-order valence-electron chi connectivity index (χ1n) is 4.46. The van der Waals surface area contributed by atoms with Gasteiger partial charge in [-0.25, -0.2) is 0 Å². The van der Waals surface area contributed by atoms with E-state index in [2.05, 4.69) is 31.1 Å². The van der Waals surface area contributed by atoms with Crippen LogP contribution in [0, 0.1) is 18.1 Å². The topological polar surface area (TPSA) is 41.8 Å². The van der Waals surface area contributed by atoms with Gasteiger partial charge in [0, 0.05) is 5.56 Å². The summed E-state index contributed by atoms with van der Waals surface area (Å²) in [7, 11) is 0. The third-order valence-electron chi connectivity index (χ3n) is 1.51. The van der Waals surface area contributed by atoms with E-state index in [1.807, 2.05) is 0 Å². The second kappa shape index (κ2) is 5.13. The molecule has 0 spiro atoms. The zero-order valence-corrected chi connectivity index (χ0v) is 8.32. The van der Waals surface area contributed by atoms with Crippen LogP contribution < -0.4 is 4.74 Å². The lowest BCUT2D eigenvalue weighted by Crippen LogP contribution is -2.03. The van der Waals surface area contributed by atoms with Crippen LogP contribution in [0.2, 0.25) is 0 Å². The lowest BCUT2D eigenvalue weighted by molar-refractivity contribution is 0.271. The largest absolute Gasteiger partial charge is 0.485 e. The van der Waals surface area contributed by atoms with Crippen LogP contribution in [-0.2, 0) is 0 Å². The molecule has 0 aliphatic rings. The van der Waals surface area contributed by atoms with Crippen LogP contribution in [0.25, 0.3) is 0 Å². The monoisotopic (exact) mass is 191 g/mol. The molecule has 0 atom stereocenters. The summed E-state index contributed by atoms with van der Waals surface area (Å²) >= 11 is 0. The molecule has 3 heteroatoms. The highest BCUT2D eigenvalue weighted by Gasteiger charge is 1.95. The van der Waals surface area contributed by atoms with Crippen molar-refractivity contribution in [3.63, 3.8) is 0 Å². The molecule has 0 saturated heterocycles. The third kappa shape index (κ3) is 3.36. The molecule has 0 radical (unpaired) electrons. The van der Waals surface area contributed by atoms with Crippen LogP contribution in [-0.4, -0.2) is 18.0 Å². The van der Waals surface area contributed by atoms with Crippen molar-refractivity contribution < 1.29 is 9.94 Å². The van der Waals surface area contributed by atoms with Gasteiger partial charge in [-0.05, 0) is 24.1 Å². The van der Waals surface area contributed by atoms with Gasteiger partial charge in [0.2, 0.25) is 0 Å². The van der Waals surface area contributed by atoms with Gasteiger partial charge in [-0.3, -0.25) is 0 Å². The van der Waals surface area contributed by atoms with Gasteiger partial charge in [0.15, 0.2) is 5.75 Å². The summed E-state index contributed by atoms with van der Waals surface area (Å²) in [5, 5.41) is 11.2. The summed E-state index contributed by atoms with van der Waals surface area (Å²) in [4.78, 5) is 0. The normalized spacial score (nSPS) is 10.5. The molecule has 0 aromatic heterocycles. The Bertz CT molecular complexity index is 291. The maximum Gasteiger partial charge on any atom is 0.170 e. The molecule has 0 bridgehead atoms. The minimum absolute atomic E-state index is 0.488. The molecule has 0 heterocycles. The molecule has 0 aliphatic carbocycles. The molecule has 74 valence electrons. The van der Waals surface area contributed by atoms with Gasteiger partial charge >= 0.3 is 0 Å². The van der Waals surface area contributed by atoms with Crippen LogP contribution in [0.1, 0.15) is 19.4 Å². The first-order valence-corrected chi connectivity index (χ1v) is 4.46. The van der Waals surface area contributed by atoms with E-state index in [1.165, 1.54) is 6.21 Å². The van der Waals surface area contributed by atoms with Crippen molar-refractivity contribution in [3.05, 3.63) is 29.8 Å². The Morgan fingerprint density at radius 2 is 2.29 bits per heavy atom. The van der Waals surface area contributed by atoms with Gasteiger partial charge in [0.25, 0.3) is 0 Å². The van der Waals surface area contributed by atoms with Crippen molar-refractivity contribution in [2.24, 2.45) is 11.1 Å². The quantitative estimate of drug-likeness (QED) is 0.450. The average molecular weight is 191 g/mol. The minimum Gasteiger partial charge on any atom is -0.485 e. The van der Waals surface area contributed by atoms with E-state index in [-0.39, 0.29) is 0 Å². The van der Waals surface area contributed by atoms with E-state index in [4.69, 9.17) is 9.94 Å². The zero-order chi connectivity index (χ0) is 10.4. The molecule has 14 heavy (non-hydrogen) atoms. The van der Waals surface area contributed by atoms with E-state index in [9.17, 15) is 0 Å². The highest BCUT2D eigenvalue weighted by molar-refractivity contribution is 5.77. The Balaban J connectivity index is 2.55. The van der Waals surface area contributed by atoms with Crippen LogP contribution in [0.4, 0.5) is 0 Å². The molecular formula is C11H13NO2. The summed E-state index contributed by atoms with van der Waals surface area (Å²) in [5.74, 6) is 1.15. The molecule has 1 N–H and O–H groups in total. The number of oxime groups is 1. The fourth-order valence-corrected chi connectivity index (χ4v) is 0.861. The minimum atomic E-state index is 0.488. The van der Waals surface area contributed by atoms with E-state index in [0.717, 1.165) is 0 Å². The predicted octanol–water partition coefficient (Wildman–Crippen LogP) is 2.13. The predicted molar refractivity (Wildman–Crippen MR) is 53.8 cm³/mol. The standard InChI is InChI=1S/C11H13NO2/c1-9(2)8-14-11-5-3-10(4-6-11)7-12-13/h3,5,7,9,13H,8H2,1-2H3/b12-7-. The van der Waals surface area contributed by atoms with Crippen molar-refractivity contribution in [1.29, 1.82) is 0 Å². The molecule has 0 unspecified atom stereocenters. The first-order chi connectivity index (χ1) is 6.72. The van der Waals surface area contributed by atoms with Gasteiger partial charge in [-0.2, -0.15) is 0 Å². The van der Waals surface area contributed by atoms with E-state index in [1.54, 1.807) is 12.1 Å². The lowest BCUT2D eigenvalue weighted by atomic mass is 10.2. The van der Waals surface area contributed by atoms with Crippen LogP contribution >= 0.6 is 0 Å². The first kappa shape index (κ1) is 10.4. The zero-order valence-electron chi connectivity index (χ0n) is 8.32. The van der Waals surface area contributed by atoms with Crippen molar-refractivity contribution in [3.8, 4) is 5.75 Å². The van der Waals surface area contributed by atoms with E-state index in [0.29, 0.717) is 23.8 Å². The van der Waals surface area contributed by atoms with Crippen LogP contribution in [0.3, 0.4) is 0 Å².